The molecule has 1 aliphatic rings. The number of hydrogen-bond acceptors (Lipinski definition) is 8. The Bertz CT molecular complexity index is 1070. The van der Waals surface area contributed by atoms with Crippen LogP contribution in [0.4, 0.5) is 5.69 Å². The summed E-state index contributed by atoms with van der Waals surface area (Å²) in [5.74, 6) is -0.0215. The molecular weight excluding hydrogens is 574 g/mol. The first-order valence-electron chi connectivity index (χ1n) is 16.5. The lowest BCUT2D eigenvalue weighted by Crippen LogP contribution is -2.48. The van der Waals surface area contributed by atoms with Crippen LogP contribution < -0.4 is 10.1 Å². The Balaban J connectivity index is 2.34. The number of carbonyl (C=O) groups is 3. The van der Waals surface area contributed by atoms with Crippen molar-refractivity contribution in [3.8, 4) is 5.75 Å². The van der Waals surface area contributed by atoms with Gasteiger partial charge in [-0.15, -0.1) is 0 Å². The highest BCUT2D eigenvalue weighted by atomic mass is 16.5. The van der Waals surface area contributed by atoms with Crippen LogP contribution in [0, 0.1) is 5.92 Å². The predicted molar refractivity (Wildman–Crippen MR) is 179 cm³/mol. The maximum Gasteiger partial charge on any atom is 0.258 e. The van der Waals surface area contributed by atoms with Crippen molar-refractivity contribution in [2.24, 2.45) is 5.92 Å². The minimum absolute atomic E-state index is 0.0694. The molecule has 1 aliphatic heterocycles. The predicted octanol–water partition coefficient (Wildman–Crippen LogP) is 3.56. The highest BCUT2D eigenvalue weighted by Crippen LogP contribution is 2.28. The third-order valence-electron chi connectivity index (χ3n) is 8.22. The van der Waals surface area contributed by atoms with Crippen LogP contribution in [0.1, 0.15) is 76.1 Å². The molecule has 0 saturated heterocycles. The molecule has 0 unspecified atom stereocenters. The van der Waals surface area contributed by atoms with Crippen molar-refractivity contribution >= 4 is 23.4 Å². The Labute approximate surface area is 271 Å². The SMILES string of the molecule is C[C@@H]1CCCCO[C@@H](CN(C)C(=O)CCCN(C)C)[C@@H](C)CN([C@@H](C)CO)C(=O)c2cc(NC(=O)CCCN(C)C)ccc2O1. The second-order valence-electron chi connectivity index (χ2n) is 13.1. The van der Waals surface area contributed by atoms with E-state index in [-0.39, 0.29) is 42.5 Å². The third kappa shape index (κ3) is 13.7. The highest BCUT2D eigenvalue weighted by molar-refractivity contribution is 5.99. The maximum atomic E-state index is 14.3. The molecule has 1 aromatic rings. The van der Waals surface area contributed by atoms with Crippen LogP contribution in [-0.2, 0) is 14.3 Å². The van der Waals surface area contributed by atoms with Gasteiger partial charge in [-0.05, 0) is 105 Å². The average Bonchev–Trinajstić information content (AvgIpc) is 2.97. The van der Waals surface area contributed by atoms with Crippen LogP contribution in [0.5, 0.6) is 5.75 Å². The molecule has 0 spiro atoms. The fourth-order valence-electron chi connectivity index (χ4n) is 5.35. The number of nitrogens with zero attached hydrogens (tertiary/aromatic N) is 4. The molecular formula is C34H59N5O6. The maximum absolute atomic E-state index is 14.3. The lowest BCUT2D eigenvalue weighted by molar-refractivity contribution is -0.132. The number of benzene rings is 1. The topological polar surface area (TPSA) is 115 Å². The van der Waals surface area contributed by atoms with Crippen molar-refractivity contribution in [2.75, 3.05) is 79.9 Å². The first-order valence-corrected chi connectivity index (χ1v) is 16.5. The molecule has 3 amide bonds. The number of hydrogen-bond donors (Lipinski definition) is 2. The molecule has 1 aromatic carbocycles. The number of nitrogens with one attached hydrogen (secondary N) is 1. The summed E-state index contributed by atoms with van der Waals surface area (Å²) in [6.45, 7) is 8.51. The molecule has 0 bridgehead atoms. The van der Waals surface area contributed by atoms with E-state index in [4.69, 9.17) is 9.47 Å². The van der Waals surface area contributed by atoms with Gasteiger partial charge in [0.25, 0.3) is 5.91 Å². The largest absolute Gasteiger partial charge is 0.490 e. The Morgan fingerprint density at radius 1 is 1.04 bits per heavy atom. The van der Waals surface area contributed by atoms with Gasteiger partial charge in [-0.2, -0.15) is 0 Å². The summed E-state index contributed by atoms with van der Waals surface area (Å²) in [5.41, 5.74) is 0.859. The quantitative estimate of drug-likeness (QED) is 0.339. The van der Waals surface area contributed by atoms with Gasteiger partial charge < -0.3 is 39.5 Å². The molecule has 256 valence electrons. The molecule has 0 saturated carbocycles. The zero-order chi connectivity index (χ0) is 33.5. The number of carbonyl (C=O) groups excluding carboxylic acids is 3. The summed E-state index contributed by atoms with van der Waals surface area (Å²) in [7, 11) is 9.74. The normalized spacial score (nSPS) is 20.7. The summed E-state index contributed by atoms with van der Waals surface area (Å²) in [4.78, 5) is 47.3. The Kier molecular flexibility index (Phi) is 16.8. The first-order chi connectivity index (χ1) is 21.3. The summed E-state index contributed by atoms with van der Waals surface area (Å²) in [6.07, 6.45) is 4.42. The van der Waals surface area contributed by atoms with E-state index in [9.17, 15) is 19.5 Å². The van der Waals surface area contributed by atoms with E-state index in [1.54, 1.807) is 28.0 Å². The molecule has 11 nitrogen and oxygen atoms in total. The summed E-state index contributed by atoms with van der Waals surface area (Å²) >= 11 is 0. The van der Waals surface area contributed by atoms with E-state index in [1.165, 1.54) is 0 Å². The van der Waals surface area contributed by atoms with Gasteiger partial charge in [-0.25, -0.2) is 0 Å². The van der Waals surface area contributed by atoms with E-state index >= 15 is 0 Å². The molecule has 2 N–H and O–H groups in total. The number of ether oxygens (including phenoxy) is 2. The van der Waals surface area contributed by atoms with Gasteiger partial charge in [-0.1, -0.05) is 6.92 Å². The van der Waals surface area contributed by atoms with Gasteiger partial charge in [0.15, 0.2) is 0 Å². The molecule has 1 heterocycles. The van der Waals surface area contributed by atoms with Gasteiger partial charge in [0.1, 0.15) is 5.75 Å². The molecule has 4 atom stereocenters. The highest BCUT2D eigenvalue weighted by Gasteiger charge is 2.31. The zero-order valence-corrected chi connectivity index (χ0v) is 29.0. The Hall–Kier alpha value is -2.73. The van der Waals surface area contributed by atoms with Crippen LogP contribution in [0.25, 0.3) is 0 Å². The number of amides is 3. The molecule has 0 fully saturated rings. The molecule has 45 heavy (non-hydrogen) atoms. The molecule has 11 heteroatoms. The van der Waals surface area contributed by atoms with Crippen LogP contribution in [0.2, 0.25) is 0 Å². The van der Waals surface area contributed by atoms with Crippen LogP contribution >= 0.6 is 0 Å². The monoisotopic (exact) mass is 633 g/mol. The lowest BCUT2D eigenvalue weighted by atomic mass is 10.0. The van der Waals surface area contributed by atoms with Crippen LogP contribution in [0.3, 0.4) is 0 Å². The fraction of sp³-hybridized carbons (Fsp3) is 0.735. The summed E-state index contributed by atoms with van der Waals surface area (Å²) in [5, 5.41) is 13.1. The van der Waals surface area contributed by atoms with Crippen molar-refractivity contribution in [3.05, 3.63) is 23.8 Å². The van der Waals surface area contributed by atoms with Crippen LogP contribution in [-0.4, -0.2) is 135 Å². The van der Waals surface area contributed by atoms with Crippen molar-refractivity contribution in [3.63, 3.8) is 0 Å². The first kappa shape index (κ1) is 38.5. The number of likely N-dealkylation sites (N-methyl/N-ethyl adjacent to an activating group) is 1. The molecule has 0 aromatic heterocycles. The van der Waals surface area contributed by atoms with E-state index in [0.29, 0.717) is 49.5 Å². The smallest absolute Gasteiger partial charge is 0.258 e. The van der Waals surface area contributed by atoms with Crippen molar-refractivity contribution in [1.29, 1.82) is 0 Å². The van der Waals surface area contributed by atoms with E-state index in [0.717, 1.165) is 45.2 Å². The van der Waals surface area contributed by atoms with Gasteiger partial charge in [0.05, 0.1) is 30.4 Å². The Morgan fingerprint density at radius 3 is 2.36 bits per heavy atom. The minimum Gasteiger partial charge on any atom is -0.490 e. The number of anilines is 1. The zero-order valence-electron chi connectivity index (χ0n) is 29.0. The summed E-state index contributed by atoms with van der Waals surface area (Å²) in [6, 6.07) is 4.71. The number of aliphatic hydroxyl groups excluding tert-OH is 1. The van der Waals surface area contributed by atoms with Gasteiger partial charge in [-0.3, -0.25) is 14.4 Å². The van der Waals surface area contributed by atoms with Gasteiger partial charge in [0.2, 0.25) is 11.8 Å². The Morgan fingerprint density at radius 2 is 1.71 bits per heavy atom. The third-order valence-corrected chi connectivity index (χ3v) is 8.22. The van der Waals surface area contributed by atoms with Crippen molar-refractivity contribution in [2.45, 2.75) is 84.0 Å². The van der Waals surface area contributed by atoms with E-state index < -0.39 is 6.04 Å². The van der Waals surface area contributed by atoms with Crippen molar-refractivity contribution < 1.29 is 29.0 Å². The molecule has 0 aliphatic carbocycles. The van der Waals surface area contributed by atoms with E-state index in [1.807, 2.05) is 60.9 Å². The minimum atomic E-state index is -0.478. The molecule has 2 rings (SSSR count). The second-order valence-corrected chi connectivity index (χ2v) is 13.1. The fourth-order valence-corrected chi connectivity index (χ4v) is 5.35. The number of aliphatic hydroxyl groups is 1. The average molecular weight is 634 g/mol. The van der Waals surface area contributed by atoms with Crippen LogP contribution in [0.15, 0.2) is 18.2 Å². The standard InChI is InChI=1S/C34H59N5O6/c1-25-22-39(26(2)24-40)34(43)29-21-28(35-32(41)14-11-18-36(4)5)16-17-30(29)45-27(3)13-9-10-20-44-31(25)23-38(8)33(42)15-12-19-37(6)7/h16-17,21,25-27,31,40H,9-15,18-20,22-24H2,1-8H3,(H,35,41)/t25-,26-,27+,31-/m0/s1. The van der Waals surface area contributed by atoms with Gasteiger partial charge >= 0.3 is 0 Å². The second kappa shape index (κ2) is 19.7. The van der Waals surface area contributed by atoms with Crippen molar-refractivity contribution in [1.82, 2.24) is 19.6 Å². The molecule has 0 radical (unpaired) electrons. The lowest BCUT2D eigenvalue weighted by Gasteiger charge is -2.36. The number of fused-ring (bicyclic) bond motifs is 1. The summed E-state index contributed by atoms with van der Waals surface area (Å²) < 4.78 is 12.7. The number of rotatable bonds is 13. The van der Waals surface area contributed by atoms with Gasteiger partial charge in [0, 0.05) is 51.2 Å². The van der Waals surface area contributed by atoms with E-state index in [2.05, 4.69) is 10.2 Å².